The Morgan fingerprint density at radius 3 is 2.72 bits per heavy atom. The van der Waals surface area contributed by atoms with Crippen molar-refractivity contribution >= 4 is 29.1 Å². The zero-order chi connectivity index (χ0) is 18.0. The molecule has 1 aliphatic rings. The number of anilines is 1. The molecule has 1 fully saturated rings. The summed E-state index contributed by atoms with van der Waals surface area (Å²) >= 11 is 6.11. The van der Waals surface area contributed by atoms with Gasteiger partial charge in [0, 0.05) is 30.2 Å². The molecule has 1 N–H and O–H groups in total. The third-order valence-corrected chi connectivity index (χ3v) is 4.92. The number of hydrogen-bond donors (Lipinski definition) is 1. The van der Waals surface area contributed by atoms with E-state index in [9.17, 15) is 9.59 Å². The van der Waals surface area contributed by atoms with Gasteiger partial charge in [-0.3, -0.25) is 9.59 Å². The summed E-state index contributed by atoms with van der Waals surface area (Å²) in [7, 11) is 0. The number of aryl methyl sites for hydroxylation is 2. The van der Waals surface area contributed by atoms with E-state index in [0.717, 1.165) is 22.4 Å². The summed E-state index contributed by atoms with van der Waals surface area (Å²) in [4.78, 5) is 26.6. The fraction of sp³-hybridized carbons (Fsp3) is 0.300. The summed E-state index contributed by atoms with van der Waals surface area (Å²) < 4.78 is 0. The first kappa shape index (κ1) is 17.5. The van der Waals surface area contributed by atoms with Gasteiger partial charge in [-0.2, -0.15) is 0 Å². The van der Waals surface area contributed by atoms with E-state index in [1.165, 1.54) is 0 Å². The molecule has 2 amide bonds. The third-order valence-electron chi connectivity index (χ3n) is 4.55. The molecule has 2 aromatic carbocycles. The van der Waals surface area contributed by atoms with E-state index in [2.05, 4.69) is 5.32 Å². The van der Waals surface area contributed by atoms with Gasteiger partial charge in [0.1, 0.15) is 0 Å². The highest BCUT2D eigenvalue weighted by Crippen LogP contribution is 2.28. The first-order valence-corrected chi connectivity index (χ1v) is 8.72. The Labute approximate surface area is 152 Å². The van der Waals surface area contributed by atoms with Crippen molar-refractivity contribution in [3.05, 3.63) is 64.2 Å². The SMILES string of the molecule is Cc1ccc(N2CC(C(=O)NCc3ccccc3Cl)CC2=O)c(C)c1. The van der Waals surface area contributed by atoms with Gasteiger partial charge in [0.2, 0.25) is 11.8 Å². The van der Waals surface area contributed by atoms with Crippen LogP contribution in [0.15, 0.2) is 42.5 Å². The van der Waals surface area contributed by atoms with Crippen LogP contribution >= 0.6 is 11.6 Å². The summed E-state index contributed by atoms with van der Waals surface area (Å²) in [5, 5.41) is 3.52. The van der Waals surface area contributed by atoms with Crippen LogP contribution < -0.4 is 10.2 Å². The molecule has 1 atom stereocenters. The summed E-state index contributed by atoms with van der Waals surface area (Å²) in [6.07, 6.45) is 0.238. The Hall–Kier alpha value is -2.33. The molecule has 0 spiro atoms. The highest BCUT2D eigenvalue weighted by molar-refractivity contribution is 6.31. The predicted octanol–water partition coefficient (Wildman–Crippen LogP) is 3.63. The lowest BCUT2D eigenvalue weighted by molar-refractivity contribution is -0.126. The van der Waals surface area contributed by atoms with Crippen molar-refractivity contribution in [1.82, 2.24) is 5.32 Å². The van der Waals surface area contributed by atoms with E-state index in [4.69, 9.17) is 11.6 Å². The number of carbonyl (C=O) groups excluding carboxylic acids is 2. The molecule has 4 nitrogen and oxygen atoms in total. The van der Waals surface area contributed by atoms with E-state index in [1.807, 2.05) is 50.2 Å². The molecule has 0 saturated carbocycles. The molecule has 25 heavy (non-hydrogen) atoms. The number of nitrogens with zero attached hydrogens (tertiary/aromatic N) is 1. The highest BCUT2D eigenvalue weighted by atomic mass is 35.5. The molecule has 0 bridgehead atoms. The average molecular weight is 357 g/mol. The Balaban J connectivity index is 1.65. The first-order chi connectivity index (χ1) is 12.0. The van der Waals surface area contributed by atoms with Gasteiger partial charge >= 0.3 is 0 Å². The molecule has 1 saturated heterocycles. The van der Waals surface area contributed by atoms with E-state index in [0.29, 0.717) is 18.1 Å². The van der Waals surface area contributed by atoms with Crippen LogP contribution in [0.4, 0.5) is 5.69 Å². The molecule has 0 aliphatic carbocycles. The lowest BCUT2D eigenvalue weighted by Crippen LogP contribution is -2.32. The number of benzene rings is 2. The van der Waals surface area contributed by atoms with Crippen molar-refractivity contribution in [2.45, 2.75) is 26.8 Å². The molecule has 5 heteroatoms. The van der Waals surface area contributed by atoms with Crippen molar-refractivity contribution in [2.24, 2.45) is 5.92 Å². The number of amides is 2. The molecule has 0 aromatic heterocycles. The van der Waals surface area contributed by atoms with Gasteiger partial charge in [-0.25, -0.2) is 0 Å². The summed E-state index contributed by atoms with van der Waals surface area (Å²) in [6, 6.07) is 13.4. The summed E-state index contributed by atoms with van der Waals surface area (Å²) in [6.45, 7) is 4.79. The number of nitrogens with one attached hydrogen (secondary N) is 1. The number of hydrogen-bond acceptors (Lipinski definition) is 2. The minimum Gasteiger partial charge on any atom is -0.352 e. The normalized spacial score (nSPS) is 17.0. The highest BCUT2D eigenvalue weighted by Gasteiger charge is 2.35. The second-order valence-corrected chi connectivity index (χ2v) is 6.91. The smallest absolute Gasteiger partial charge is 0.227 e. The zero-order valence-corrected chi connectivity index (χ0v) is 15.1. The van der Waals surface area contributed by atoms with Crippen molar-refractivity contribution in [3.63, 3.8) is 0 Å². The molecule has 0 radical (unpaired) electrons. The Morgan fingerprint density at radius 2 is 2.00 bits per heavy atom. The van der Waals surface area contributed by atoms with Crippen LogP contribution in [0.3, 0.4) is 0 Å². The minimum atomic E-state index is -0.337. The molecule has 1 unspecified atom stereocenters. The molecule has 2 aromatic rings. The van der Waals surface area contributed by atoms with Gasteiger partial charge < -0.3 is 10.2 Å². The Kier molecular flexibility index (Phi) is 5.09. The van der Waals surface area contributed by atoms with E-state index in [-0.39, 0.29) is 24.2 Å². The van der Waals surface area contributed by atoms with Gasteiger partial charge in [-0.1, -0.05) is 47.5 Å². The quantitative estimate of drug-likeness (QED) is 0.909. The number of halogens is 1. The van der Waals surface area contributed by atoms with Crippen molar-refractivity contribution in [3.8, 4) is 0 Å². The van der Waals surface area contributed by atoms with Crippen LogP contribution in [0.25, 0.3) is 0 Å². The van der Waals surface area contributed by atoms with Crippen molar-refractivity contribution in [2.75, 3.05) is 11.4 Å². The summed E-state index contributed by atoms with van der Waals surface area (Å²) in [5.41, 5.74) is 3.96. The lowest BCUT2D eigenvalue weighted by atomic mass is 10.1. The van der Waals surface area contributed by atoms with E-state index < -0.39 is 0 Å². The van der Waals surface area contributed by atoms with Gasteiger partial charge in [0.25, 0.3) is 0 Å². The van der Waals surface area contributed by atoms with Gasteiger partial charge in [0.15, 0.2) is 0 Å². The number of carbonyl (C=O) groups is 2. The average Bonchev–Trinajstić information content (AvgIpc) is 2.96. The fourth-order valence-electron chi connectivity index (χ4n) is 3.19. The van der Waals surface area contributed by atoms with Crippen molar-refractivity contribution in [1.29, 1.82) is 0 Å². The summed E-state index contributed by atoms with van der Waals surface area (Å²) in [5.74, 6) is -0.457. The molecule has 1 heterocycles. The Morgan fingerprint density at radius 1 is 1.24 bits per heavy atom. The molecule has 130 valence electrons. The predicted molar refractivity (Wildman–Crippen MR) is 99.7 cm³/mol. The maximum Gasteiger partial charge on any atom is 0.227 e. The van der Waals surface area contributed by atoms with Gasteiger partial charge in [-0.05, 0) is 37.1 Å². The Bertz CT molecular complexity index is 819. The number of rotatable bonds is 4. The monoisotopic (exact) mass is 356 g/mol. The van der Waals surface area contributed by atoms with Gasteiger partial charge in [-0.15, -0.1) is 0 Å². The zero-order valence-electron chi connectivity index (χ0n) is 14.4. The van der Waals surface area contributed by atoms with E-state index >= 15 is 0 Å². The molecule has 3 rings (SSSR count). The minimum absolute atomic E-state index is 0.00940. The fourth-order valence-corrected chi connectivity index (χ4v) is 3.40. The molecular formula is C20H21ClN2O2. The topological polar surface area (TPSA) is 49.4 Å². The maximum atomic E-state index is 12.5. The lowest BCUT2D eigenvalue weighted by Gasteiger charge is -2.19. The van der Waals surface area contributed by atoms with Crippen LogP contribution in [-0.2, 0) is 16.1 Å². The van der Waals surface area contributed by atoms with Crippen LogP contribution in [0.5, 0.6) is 0 Å². The van der Waals surface area contributed by atoms with Crippen molar-refractivity contribution < 1.29 is 9.59 Å². The second kappa shape index (κ2) is 7.28. The van der Waals surface area contributed by atoms with Crippen LogP contribution in [0.2, 0.25) is 5.02 Å². The molecular weight excluding hydrogens is 336 g/mol. The van der Waals surface area contributed by atoms with E-state index in [1.54, 1.807) is 11.0 Å². The molecule has 1 aliphatic heterocycles. The van der Waals surface area contributed by atoms with Crippen LogP contribution in [0.1, 0.15) is 23.1 Å². The second-order valence-electron chi connectivity index (χ2n) is 6.50. The standard InChI is InChI=1S/C20H21ClN2O2/c1-13-7-8-18(14(2)9-13)23-12-16(10-19(23)24)20(25)22-11-15-5-3-4-6-17(15)21/h3-9,16H,10-12H2,1-2H3,(H,22,25). The third kappa shape index (κ3) is 3.85. The maximum absolute atomic E-state index is 12.5. The largest absolute Gasteiger partial charge is 0.352 e. The van der Waals surface area contributed by atoms with Crippen LogP contribution in [0, 0.1) is 19.8 Å². The first-order valence-electron chi connectivity index (χ1n) is 8.34. The van der Waals surface area contributed by atoms with Crippen LogP contribution in [-0.4, -0.2) is 18.4 Å². The van der Waals surface area contributed by atoms with Gasteiger partial charge in [0.05, 0.1) is 5.92 Å².